The Bertz CT molecular complexity index is 233. The number of aliphatic hydroxyl groups is 1. The predicted molar refractivity (Wildman–Crippen MR) is 32.0 cm³/mol. The van der Waals surface area contributed by atoms with Crippen LogP contribution in [-0.2, 0) is 11.8 Å². The summed E-state index contributed by atoms with van der Waals surface area (Å²) in [7, 11) is 1.61. The molecule has 10 heavy (non-hydrogen) atoms. The van der Waals surface area contributed by atoms with Gasteiger partial charge in [-0.05, 0) is 0 Å². The molecule has 0 saturated carbocycles. The molecule has 5 heteroatoms. The third-order valence-electron chi connectivity index (χ3n) is 1.14. The summed E-state index contributed by atoms with van der Waals surface area (Å²) in [6, 6.07) is 0. The molecule has 0 fully saturated rings. The van der Waals surface area contributed by atoms with E-state index in [1.165, 1.54) is 11.0 Å². The van der Waals surface area contributed by atoms with Crippen LogP contribution in [0.1, 0.15) is 11.9 Å². The van der Waals surface area contributed by atoms with Crippen LogP contribution in [0, 0.1) is 0 Å². The van der Waals surface area contributed by atoms with Crippen molar-refractivity contribution in [1.29, 1.82) is 0 Å². The molecule has 1 aromatic rings. The van der Waals surface area contributed by atoms with Crippen LogP contribution in [0.25, 0.3) is 0 Å². The number of aldehydes is 1. The minimum atomic E-state index is -1.16. The zero-order valence-corrected chi connectivity index (χ0v) is 5.43. The maximum absolute atomic E-state index is 10.0. The van der Waals surface area contributed by atoms with E-state index < -0.39 is 6.10 Å². The molecule has 1 N–H and O–H groups in total. The molecule has 0 bridgehead atoms. The Morgan fingerprint density at radius 3 is 3.00 bits per heavy atom. The van der Waals surface area contributed by atoms with Gasteiger partial charge >= 0.3 is 0 Å². The van der Waals surface area contributed by atoms with E-state index in [4.69, 9.17) is 5.11 Å². The van der Waals surface area contributed by atoms with E-state index in [2.05, 4.69) is 10.1 Å². The Morgan fingerprint density at radius 1 is 1.90 bits per heavy atom. The zero-order chi connectivity index (χ0) is 7.56. The van der Waals surface area contributed by atoms with Gasteiger partial charge in [0.05, 0.1) is 0 Å². The first kappa shape index (κ1) is 6.88. The summed E-state index contributed by atoms with van der Waals surface area (Å²) >= 11 is 0. The van der Waals surface area contributed by atoms with Crippen LogP contribution in [0.2, 0.25) is 0 Å². The van der Waals surface area contributed by atoms with E-state index in [1.54, 1.807) is 7.05 Å². The van der Waals surface area contributed by atoms with E-state index >= 15 is 0 Å². The summed E-state index contributed by atoms with van der Waals surface area (Å²) in [6.07, 6.45) is 0.527. The van der Waals surface area contributed by atoms with Crippen molar-refractivity contribution in [2.24, 2.45) is 7.05 Å². The standard InChI is InChI=1S/C5H7N3O2/c1-8-5(4(10)2-9)6-3-7-8/h2-4,10H,1H3. The monoisotopic (exact) mass is 141 g/mol. The van der Waals surface area contributed by atoms with Gasteiger partial charge in [-0.1, -0.05) is 0 Å². The van der Waals surface area contributed by atoms with Crippen LogP contribution in [0.15, 0.2) is 6.33 Å². The number of rotatable bonds is 2. The van der Waals surface area contributed by atoms with Crippen molar-refractivity contribution in [2.75, 3.05) is 0 Å². The average molecular weight is 141 g/mol. The lowest BCUT2D eigenvalue weighted by atomic mass is 10.4. The van der Waals surface area contributed by atoms with E-state index in [0.29, 0.717) is 6.29 Å². The van der Waals surface area contributed by atoms with Crippen LogP contribution in [0.4, 0.5) is 0 Å². The van der Waals surface area contributed by atoms with Gasteiger partial charge in [0, 0.05) is 7.05 Å². The number of hydrogen-bond donors (Lipinski definition) is 1. The van der Waals surface area contributed by atoms with Crippen molar-refractivity contribution in [1.82, 2.24) is 14.8 Å². The van der Waals surface area contributed by atoms with E-state index in [-0.39, 0.29) is 5.82 Å². The molecule has 1 aromatic heterocycles. The van der Waals surface area contributed by atoms with Crippen molar-refractivity contribution in [2.45, 2.75) is 6.10 Å². The van der Waals surface area contributed by atoms with Crippen molar-refractivity contribution >= 4 is 6.29 Å². The van der Waals surface area contributed by atoms with Gasteiger partial charge < -0.3 is 5.11 Å². The maximum atomic E-state index is 10.0. The molecule has 1 unspecified atom stereocenters. The minimum absolute atomic E-state index is 0.259. The Labute approximate surface area is 57.3 Å². The van der Waals surface area contributed by atoms with Gasteiger partial charge in [-0.25, -0.2) is 4.98 Å². The van der Waals surface area contributed by atoms with Crippen LogP contribution < -0.4 is 0 Å². The van der Waals surface area contributed by atoms with Gasteiger partial charge in [-0.3, -0.25) is 9.48 Å². The first-order valence-electron chi connectivity index (χ1n) is 2.73. The van der Waals surface area contributed by atoms with Crippen molar-refractivity contribution in [3.63, 3.8) is 0 Å². The van der Waals surface area contributed by atoms with Gasteiger partial charge in [-0.15, -0.1) is 0 Å². The fourth-order valence-electron chi connectivity index (χ4n) is 0.634. The molecule has 0 aromatic carbocycles. The molecule has 0 aliphatic rings. The Hall–Kier alpha value is -1.23. The number of aromatic nitrogens is 3. The third-order valence-corrected chi connectivity index (χ3v) is 1.14. The Morgan fingerprint density at radius 2 is 2.60 bits per heavy atom. The lowest BCUT2D eigenvalue weighted by Crippen LogP contribution is -2.07. The summed E-state index contributed by atoms with van der Waals surface area (Å²) in [4.78, 5) is 13.7. The predicted octanol–water partition coefficient (Wildman–Crippen LogP) is -0.953. The topological polar surface area (TPSA) is 68.0 Å². The molecular formula is C5H7N3O2. The molecule has 0 saturated heterocycles. The van der Waals surface area contributed by atoms with Crippen molar-refractivity contribution in [3.05, 3.63) is 12.2 Å². The minimum Gasteiger partial charge on any atom is -0.378 e. The lowest BCUT2D eigenvalue weighted by Gasteiger charge is -1.99. The van der Waals surface area contributed by atoms with Gasteiger partial charge in [0.1, 0.15) is 6.33 Å². The fourth-order valence-corrected chi connectivity index (χ4v) is 0.634. The second kappa shape index (κ2) is 2.57. The number of aryl methyl sites for hydroxylation is 1. The van der Waals surface area contributed by atoms with Gasteiger partial charge in [0.15, 0.2) is 18.2 Å². The smallest absolute Gasteiger partial charge is 0.168 e. The molecule has 0 amide bonds. The summed E-state index contributed by atoms with van der Waals surface area (Å²) in [5.74, 6) is 0.259. The molecule has 5 nitrogen and oxygen atoms in total. The van der Waals surface area contributed by atoms with E-state index in [9.17, 15) is 4.79 Å². The molecular weight excluding hydrogens is 134 g/mol. The SMILES string of the molecule is Cn1ncnc1C(O)C=O. The summed E-state index contributed by atoms with van der Waals surface area (Å²) in [5.41, 5.74) is 0. The first-order chi connectivity index (χ1) is 4.75. The van der Waals surface area contributed by atoms with Gasteiger partial charge in [0.25, 0.3) is 0 Å². The molecule has 54 valence electrons. The Kier molecular flexibility index (Phi) is 1.77. The maximum Gasteiger partial charge on any atom is 0.168 e. The number of carbonyl (C=O) groups excluding carboxylic acids is 1. The van der Waals surface area contributed by atoms with Crippen LogP contribution in [-0.4, -0.2) is 26.2 Å². The van der Waals surface area contributed by atoms with E-state index in [1.807, 2.05) is 0 Å². The van der Waals surface area contributed by atoms with Crippen molar-refractivity contribution in [3.8, 4) is 0 Å². The highest BCUT2D eigenvalue weighted by molar-refractivity contribution is 5.57. The molecule has 0 radical (unpaired) electrons. The Balaban J connectivity index is 2.92. The highest BCUT2D eigenvalue weighted by Gasteiger charge is 2.10. The third kappa shape index (κ3) is 1.03. The summed E-state index contributed by atoms with van der Waals surface area (Å²) < 4.78 is 1.35. The molecule has 0 aliphatic carbocycles. The van der Waals surface area contributed by atoms with Gasteiger partial charge in [0.2, 0.25) is 0 Å². The quantitative estimate of drug-likeness (QED) is 0.539. The number of hydrogen-bond acceptors (Lipinski definition) is 4. The fraction of sp³-hybridized carbons (Fsp3) is 0.400. The summed E-state index contributed by atoms with van der Waals surface area (Å²) in [6.45, 7) is 0. The average Bonchev–Trinajstić information content (AvgIpc) is 2.34. The molecule has 1 rings (SSSR count). The normalized spacial score (nSPS) is 13.0. The number of carbonyl (C=O) groups is 1. The highest BCUT2D eigenvalue weighted by atomic mass is 16.3. The number of nitrogens with zero attached hydrogens (tertiary/aromatic N) is 3. The molecule has 0 spiro atoms. The van der Waals surface area contributed by atoms with Crippen LogP contribution >= 0.6 is 0 Å². The largest absolute Gasteiger partial charge is 0.378 e. The molecule has 0 aliphatic heterocycles. The highest BCUT2D eigenvalue weighted by Crippen LogP contribution is 2.02. The van der Waals surface area contributed by atoms with Crippen LogP contribution in [0.5, 0.6) is 0 Å². The second-order valence-electron chi connectivity index (χ2n) is 1.82. The molecule has 1 atom stereocenters. The van der Waals surface area contributed by atoms with Crippen molar-refractivity contribution < 1.29 is 9.90 Å². The van der Waals surface area contributed by atoms with E-state index in [0.717, 1.165) is 0 Å². The number of aliphatic hydroxyl groups excluding tert-OH is 1. The summed E-state index contributed by atoms with van der Waals surface area (Å²) in [5, 5.41) is 12.6. The molecule has 1 heterocycles. The first-order valence-corrected chi connectivity index (χ1v) is 2.73. The lowest BCUT2D eigenvalue weighted by molar-refractivity contribution is -0.115. The second-order valence-corrected chi connectivity index (χ2v) is 1.82. The zero-order valence-electron chi connectivity index (χ0n) is 5.43. The van der Waals surface area contributed by atoms with Gasteiger partial charge in [-0.2, -0.15) is 5.10 Å². The van der Waals surface area contributed by atoms with Crippen LogP contribution in [0.3, 0.4) is 0 Å².